The number of nitrogens with one attached hydrogen (secondary N) is 4. The lowest BCUT2D eigenvalue weighted by Gasteiger charge is -2.37. The predicted octanol–water partition coefficient (Wildman–Crippen LogP) is 10.9. The van der Waals surface area contributed by atoms with Gasteiger partial charge >= 0.3 is 12.1 Å². The Kier molecular flexibility index (Phi) is 18.1. The first-order valence-electron chi connectivity index (χ1n) is 25.5. The van der Waals surface area contributed by atoms with Crippen LogP contribution in [-0.4, -0.2) is 89.3 Å². The average Bonchev–Trinajstić information content (AvgIpc) is 4.09. The molecule has 1 saturated carbocycles. The highest BCUT2D eigenvalue weighted by Crippen LogP contribution is 2.48. The van der Waals surface area contributed by atoms with E-state index < -0.39 is 0 Å². The third-order valence-corrected chi connectivity index (χ3v) is 14.8. The van der Waals surface area contributed by atoms with Gasteiger partial charge in [-0.3, -0.25) is 29.2 Å². The van der Waals surface area contributed by atoms with E-state index in [2.05, 4.69) is 49.4 Å². The molecule has 21 nitrogen and oxygen atoms in total. The molecule has 3 aromatic heterocycles. The minimum atomic E-state index is -0.371. The van der Waals surface area contributed by atoms with Gasteiger partial charge in [-0.05, 0) is 42.7 Å². The first-order chi connectivity index (χ1) is 39.3. The lowest BCUT2D eigenvalue weighted by atomic mass is 9.90. The maximum Gasteiger partial charge on any atom is 0.330 e. The van der Waals surface area contributed by atoms with Crippen molar-refractivity contribution in [1.82, 2.24) is 30.2 Å². The Morgan fingerprint density at radius 3 is 1.89 bits per heavy atom. The highest BCUT2D eigenvalue weighted by Gasteiger charge is 2.38. The van der Waals surface area contributed by atoms with Crippen LogP contribution < -0.4 is 59.8 Å². The van der Waals surface area contributed by atoms with Crippen molar-refractivity contribution in [2.75, 3.05) is 64.0 Å². The molecule has 0 bridgehead atoms. The van der Waals surface area contributed by atoms with E-state index in [1.807, 2.05) is 41.8 Å². The van der Waals surface area contributed by atoms with Crippen molar-refractivity contribution in [2.24, 2.45) is 0 Å². The van der Waals surface area contributed by atoms with E-state index in [0.717, 1.165) is 42.5 Å². The Labute approximate surface area is 481 Å². The molecule has 3 aliphatic rings. The van der Waals surface area contributed by atoms with Crippen LogP contribution in [0.15, 0.2) is 127 Å². The van der Waals surface area contributed by atoms with Crippen molar-refractivity contribution in [3.63, 3.8) is 0 Å². The van der Waals surface area contributed by atoms with Crippen LogP contribution in [0.3, 0.4) is 0 Å². The van der Waals surface area contributed by atoms with Crippen LogP contribution in [0.25, 0.3) is 0 Å². The lowest BCUT2D eigenvalue weighted by molar-refractivity contribution is -0.117. The van der Waals surface area contributed by atoms with Gasteiger partial charge in [0.05, 0.1) is 88.6 Å². The van der Waals surface area contributed by atoms with Crippen LogP contribution in [0.2, 0.25) is 10.0 Å². The summed E-state index contributed by atoms with van der Waals surface area (Å²) in [5, 5.41) is 14.6. The summed E-state index contributed by atoms with van der Waals surface area (Å²) < 4.78 is 21.7. The number of ether oxygens (including phenoxy) is 4. The minimum Gasteiger partial charge on any atom is -0.497 e. The number of fused-ring (bicyclic) bond motifs is 2. The van der Waals surface area contributed by atoms with Crippen LogP contribution >= 0.6 is 34.5 Å². The van der Waals surface area contributed by atoms with Gasteiger partial charge < -0.3 is 40.2 Å². The second kappa shape index (κ2) is 25.9. The van der Waals surface area contributed by atoms with Crippen LogP contribution in [0.4, 0.5) is 55.9 Å². The monoisotopic (exact) mass is 1150 g/mol. The second-order valence-electron chi connectivity index (χ2n) is 18.5. The zero-order valence-corrected chi connectivity index (χ0v) is 47.0. The molecule has 418 valence electrons. The van der Waals surface area contributed by atoms with Gasteiger partial charge in [0.2, 0.25) is 23.7 Å². The smallest absolute Gasteiger partial charge is 0.330 e. The maximum absolute atomic E-state index is 14.2. The predicted molar refractivity (Wildman–Crippen MR) is 314 cm³/mol. The molecule has 0 spiro atoms. The van der Waals surface area contributed by atoms with E-state index >= 15 is 0 Å². The normalized spacial score (nSPS) is 15.5. The Morgan fingerprint density at radius 1 is 0.691 bits per heavy atom. The van der Waals surface area contributed by atoms with Crippen LogP contribution in [-0.2, 0) is 35.8 Å². The van der Waals surface area contributed by atoms with Crippen molar-refractivity contribution in [1.29, 1.82) is 0 Å². The number of carbonyl (C=O) groups excluding carboxylic acids is 4. The summed E-state index contributed by atoms with van der Waals surface area (Å²) in [5.41, 5.74) is 6.81. The van der Waals surface area contributed by atoms with Crippen molar-refractivity contribution in [3.05, 3.63) is 160 Å². The standard InChI is InChI=1S/C30H32Cl2N6O4.C27H25N7O4S/c1-4-24(39)34-20-12-8-9-13-21(20)35-29-33-15-19-17-37(27-25(31)22(41-2)14-23(42-3)26(27)32)30(40)38(28(19)36-29)16-18-10-6-5-7-11-18;1-4-24(35)30-22-7-5-6-8-23(22)31-26-28-12-17-13-33(19-9-20(37-2)11-21(10-19)38-3)27(36)34(25(17)32-26)14-18-15-39-16-29-18/h4-7,10-11,14-15,20-21H,1,8-9,12-13,16-17H2,2-3H3,(H,34,39)(H,33,35,36);4-12,15-16H,1,13-14H2,2-3H3,(H,30,35)(H,28,31,32)/t20-,21+;/m1./s1. The number of urea groups is 2. The fraction of sp³-hybridized carbons (Fsp3) is 0.246. The Bertz CT molecular complexity index is 3420. The summed E-state index contributed by atoms with van der Waals surface area (Å²) in [7, 11) is 6.08. The molecule has 0 radical (unpaired) electrons. The minimum absolute atomic E-state index is 0.0686. The molecule has 5 heterocycles. The van der Waals surface area contributed by atoms with E-state index in [4.69, 9.17) is 52.1 Å². The van der Waals surface area contributed by atoms with Gasteiger partial charge in [0, 0.05) is 65.2 Å². The number of benzene rings is 4. The van der Waals surface area contributed by atoms with Crippen LogP contribution in [0.1, 0.15) is 48.1 Å². The number of nitrogens with zero attached hydrogens (tertiary/aromatic N) is 9. The van der Waals surface area contributed by atoms with Gasteiger partial charge in [-0.2, -0.15) is 9.97 Å². The van der Waals surface area contributed by atoms with Gasteiger partial charge in [-0.25, -0.2) is 24.5 Å². The molecule has 24 heteroatoms. The summed E-state index contributed by atoms with van der Waals surface area (Å²) in [6, 6.07) is 22.8. The molecule has 2 atom stereocenters. The molecular weight excluding hydrogens is 1100 g/mol. The van der Waals surface area contributed by atoms with Gasteiger partial charge in [0.15, 0.2) is 0 Å². The molecule has 4 aromatic carbocycles. The molecule has 1 aliphatic carbocycles. The number of amides is 6. The molecule has 1 fully saturated rings. The molecule has 10 rings (SSSR count). The summed E-state index contributed by atoms with van der Waals surface area (Å²) >= 11 is 14.9. The Morgan fingerprint density at radius 2 is 1.27 bits per heavy atom. The molecule has 81 heavy (non-hydrogen) atoms. The number of carbonyl (C=O) groups is 4. The largest absolute Gasteiger partial charge is 0.497 e. The van der Waals surface area contributed by atoms with Crippen molar-refractivity contribution >= 4 is 105 Å². The van der Waals surface area contributed by atoms with E-state index in [1.54, 1.807) is 89.3 Å². The number of thiazole rings is 1. The number of methoxy groups -OCH3 is 4. The molecule has 0 unspecified atom stereocenters. The van der Waals surface area contributed by atoms with Gasteiger partial charge in [0.25, 0.3) is 0 Å². The third-order valence-electron chi connectivity index (χ3n) is 13.4. The van der Waals surface area contributed by atoms with Crippen LogP contribution in [0, 0.1) is 0 Å². The summed E-state index contributed by atoms with van der Waals surface area (Å²) in [4.78, 5) is 81.3. The fourth-order valence-electron chi connectivity index (χ4n) is 9.42. The highest BCUT2D eigenvalue weighted by molar-refractivity contribution is 7.07. The number of hydrogen-bond donors (Lipinski definition) is 4. The van der Waals surface area contributed by atoms with Crippen molar-refractivity contribution in [2.45, 2.75) is 63.9 Å². The van der Waals surface area contributed by atoms with E-state index in [0.29, 0.717) is 63.2 Å². The summed E-state index contributed by atoms with van der Waals surface area (Å²) in [6.45, 7) is 7.88. The average molecular weight is 1160 g/mol. The summed E-state index contributed by atoms with van der Waals surface area (Å²) in [5.74, 6) is 2.78. The number of halogens is 2. The lowest BCUT2D eigenvalue weighted by Crippen LogP contribution is -2.49. The quantitative estimate of drug-likeness (QED) is 0.0586. The SMILES string of the molecule is C=CC(=O)N[C@@H]1CCCC[C@@H]1Nc1ncc2c(n1)N(Cc1ccccc1)C(=O)N(c1c(Cl)c(OC)cc(OC)c1Cl)C2.C=CC(=O)Nc1ccccc1Nc1ncc2c(n1)N(Cc1cscn1)C(=O)N(c1cc(OC)cc(OC)c1)C2. The number of hydrogen-bond acceptors (Lipinski definition) is 16. The number of para-hydroxylation sites is 2. The number of anilines is 8. The molecule has 6 amide bonds. The topological polar surface area (TPSA) is 231 Å². The zero-order valence-electron chi connectivity index (χ0n) is 44.7. The van der Waals surface area contributed by atoms with E-state index in [9.17, 15) is 19.2 Å². The molecule has 0 saturated heterocycles. The summed E-state index contributed by atoms with van der Waals surface area (Å²) in [6.07, 6.45) is 9.55. The van der Waals surface area contributed by atoms with Gasteiger partial charge in [0.1, 0.15) is 44.7 Å². The Hall–Kier alpha value is -8.99. The van der Waals surface area contributed by atoms with E-state index in [-0.39, 0.29) is 83.8 Å². The fourth-order valence-corrected chi connectivity index (χ4v) is 10.7. The number of rotatable bonds is 18. The zero-order chi connectivity index (χ0) is 57.2. The molecular formula is C57H57Cl2N13O8S. The molecule has 2 aliphatic heterocycles. The number of aromatic nitrogens is 5. The third kappa shape index (κ3) is 12.9. The van der Waals surface area contributed by atoms with Crippen molar-refractivity contribution < 1.29 is 38.1 Å². The molecule has 4 N–H and O–H groups in total. The van der Waals surface area contributed by atoms with Crippen LogP contribution in [0.5, 0.6) is 23.0 Å². The highest BCUT2D eigenvalue weighted by atomic mass is 35.5. The molecule has 7 aromatic rings. The Balaban J connectivity index is 0.000000196. The first-order valence-corrected chi connectivity index (χ1v) is 27.2. The second-order valence-corrected chi connectivity index (χ2v) is 20.0. The van der Waals surface area contributed by atoms with Crippen molar-refractivity contribution in [3.8, 4) is 23.0 Å². The van der Waals surface area contributed by atoms with Gasteiger partial charge in [-0.1, -0.05) is 91.7 Å². The maximum atomic E-state index is 14.2. The van der Waals surface area contributed by atoms with E-state index in [1.165, 1.54) is 42.6 Å². The first kappa shape index (κ1) is 56.7. The van der Waals surface area contributed by atoms with Gasteiger partial charge in [-0.15, -0.1) is 11.3 Å².